The van der Waals surface area contributed by atoms with Crippen molar-refractivity contribution in [2.75, 3.05) is 11.9 Å². The van der Waals surface area contributed by atoms with Crippen molar-refractivity contribution >= 4 is 44.8 Å². The summed E-state index contributed by atoms with van der Waals surface area (Å²) in [5.41, 5.74) is 2.00. The number of hydrogen-bond acceptors (Lipinski definition) is 4. The Kier molecular flexibility index (Phi) is 5.80. The fourth-order valence-electron chi connectivity index (χ4n) is 2.05. The topological polar surface area (TPSA) is 81.5 Å². The maximum Gasteiger partial charge on any atom is 0.271 e. The molecular formula is C16H14BrClN2O4. The molecule has 0 spiro atoms. The number of benzene rings is 2. The highest BCUT2D eigenvalue weighted by Gasteiger charge is 2.13. The SMILES string of the molecule is Cc1cc(OCC(=O)Nc2cc([N+](=O)[O-])ccc2Cl)cc(C)c1Br. The zero-order chi connectivity index (χ0) is 17.9. The van der Waals surface area contributed by atoms with Gasteiger partial charge >= 0.3 is 0 Å². The number of carbonyl (C=O) groups excluding carboxylic acids is 1. The number of halogens is 2. The predicted octanol–water partition coefficient (Wildman–Crippen LogP) is 4.65. The Balaban J connectivity index is 2.04. The second-order valence-electron chi connectivity index (χ2n) is 5.13. The summed E-state index contributed by atoms with van der Waals surface area (Å²) in [7, 11) is 0. The van der Waals surface area contributed by atoms with E-state index in [1.165, 1.54) is 18.2 Å². The quantitative estimate of drug-likeness (QED) is 0.571. The summed E-state index contributed by atoms with van der Waals surface area (Å²) in [5, 5.41) is 13.5. The van der Waals surface area contributed by atoms with Crippen LogP contribution >= 0.6 is 27.5 Å². The Hall–Kier alpha value is -2.12. The molecule has 0 unspecified atom stereocenters. The molecule has 0 fully saturated rings. The molecule has 2 rings (SSSR count). The number of amides is 1. The van der Waals surface area contributed by atoms with Crippen LogP contribution in [0.1, 0.15) is 11.1 Å². The van der Waals surface area contributed by atoms with Crippen molar-refractivity contribution in [1.29, 1.82) is 0 Å². The fourth-order valence-corrected chi connectivity index (χ4v) is 2.44. The van der Waals surface area contributed by atoms with Gasteiger partial charge in [-0.25, -0.2) is 0 Å². The molecule has 0 saturated carbocycles. The van der Waals surface area contributed by atoms with Gasteiger partial charge in [-0.2, -0.15) is 0 Å². The average Bonchev–Trinajstić information content (AvgIpc) is 2.52. The Labute approximate surface area is 152 Å². The van der Waals surface area contributed by atoms with Crippen LogP contribution in [0.5, 0.6) is 5.75 Å². The third kappa shape index (κ3) is 4.46. The summed E-state index contributed by atoms with van der Waals surface area (Å²) in [6.07, 6.45) is 0. The first kappa shape index (κ1) is 18.2. The molecule has 24 heavy (non-hydrogen) atoms. The van der Waals surface area contributed by atoms with Crippen LogP contribution in [-0.4, -0.2) is 17.4 Å². The van der Waals surface area contributed by atoms with Crippen molar-refractivity contribution in [3.05, 3.63) is 61.1 Å². The van der Waals surface area contributed by atoms with E-state index in [0.717, 1.165) is 15.6 Å². The Morgan fingerprint density at radius 3 is 2.50 bits per heavy atom. The number of aryl methyl sites for hydroxylation is 2. The van der Waals surface area contributed by atoms with Crippen molar-refractivity contribution in [3.63, 3.8) is 0 Å². The van der Waals surface area contributed by atoms with Gasteiger partial charge < -0.3 is 10.1 Å². The lowest BCUT2D eigenvalue weighted by Crippen LogP contribution is -2.20. The zero-order valence-corrected chi connectivity index (χ0v) is 15.3. The van der Waals surface area contributed by atoms with Crippen LogP contribution in [0.3, 0.4) is 0 Å². The van der Waals surface area contributed by atoms with Gasteiger partial charge in [-0.15, -0.1) is 0 Å². The molecule has 6 nitrogen and oxygen atoms in total. The van der Waals surface area contributed by atoms with Gasteiger partial charge in [-0.3, -0.25) is 14.9 Å². The van der Waals surface area contributed by atoms with Gasteiger partial charge in [-0.1, -0.05) is 27.5 Å². The minimum Gasteiger partial charge on any atom is -0.484 e. The van der Waals surface area contributed by atoms with Gasteiger partial charge in [0.25, 0.3) is 11.6 Å². The number of hydrogen-bond donors (Lipinski definition) is 1. The molecule has 0 radical (unpaired) electrons. The minimum absolute atomic E-state index is 0.158. The Morgan fingerprint density at radius 2 is 1.92 bits per heavy atom. The van der Waals surface area contributed by atoms with E-state index < -0.39 is 10.8 Å². The lowest BCUT2D eigenvalue weighted by atomic mass is 10.1. The van der Waals surface area contributed by atoms with E-state index in [4.69, 9.17) is 16.3 Å². The predicted molar refractivity (Wildman–Crippen MR) is 95.8 cm³/mol. The summed E-state index contributed by atoms with van der Waals surface area (Å²) in [6, 6.07) is 7.45. The highest BCUT2D eigenvalue weighted by Crippen LogP contribution is 2.28. The van der Waals surface area contributed by atoms with E-state index in [2.05, 4.69) is 21.2 Å². The summed E-state index contributed by atoms with van der Waals surface area (Å²) in [6.45, 7) is 3.61. The highest BCUT2D eigenvalue weighted by atomic mass is 79.9. The van der Waals surface area contributed by atoms with Crippen LogP contribution in [0.4, 0.5) is 11.4 Å². The molecule has 8 heteroatoms. The molecule has 0 heterocycles. The van der Waals surface area contributed by atoms with Crippen LogP contribution in [-0.2, 0) is 4.79 Å². The number of nitrogens with one attached hydrogen (secondary N) is 1. The highest BCUT2D eigenvalue weighted by molar-refractivity contribution is 9.10. The Morgan fingerprint density at radius 1 is 1.29 bits per heavy atom. The molecular weight excluding hydrogens is 400 g/mol. The Bertz CT molecular complexity index is 788. The maximum atomic E-state index is 12.0. The molecule has 0 bridgehead atoms. The molecule has 2 aromatic rings. The van der Waals surface area contributed by atoms with Crippen molar-refractivity contribution < 1.29 is 14.5 Å². The van der Waals surface area contributed by atoms with Crippen molar-refractivity contribution in [1.82, 2.24) is 0 Å². The number of rotatable bonds is 5. The molecule has 0 aromatic heterocycles. The number of non-ortho nitro benzene ring substituents is 1. The second kappa shape index (κ2) is 7.63. The summed E-state index contributed by atoms with van der Waals surface area (Å²) in [4.78, 5) is 22.2. The first-order chi connectivity index (χ1) is 11.3. The van der Waals surface area contributed by atoms with E-state index in [1.54, 1.807) is 0 Å². The van der Waals surface area contributed by atoms with Gasteiger partial charge in [-0.05, 0) is 43.2 Å². The number of carbonyl (C=O) groups is 1. The third-order valence-electron chi connectivity index (χ3n) is 3.21. The van der Waals surface area contributed by atoms with E-state index in [9.17, 15) is 14.9 Å². The first-order valence-corrected chi connectivity index (χ1v) is 8.08. The lowest BCUT2D eigenvalue weighted by Gasteiger charge is -2.11. The molecule has 0 aliphatic carbocycles. The summed E-state index contributed by atoms with van der Waals surface area (Å²) < 4.78 is 6.45. The van der Waals surface area contributed by atoms with Crippen LogP contribution in [0.2, 0.25) is 5.02 Å². The molecule has 2 aromatic carbocycles. The summed E-state index contributed by atoms with van der Waals surface area (Å²) in [5.74, 6) is 0.101. The van der Waals surface area contributed by atoms with Crippen LogP contribution in [0.25, 0.3) is 0 Å². The number of nitro groups is 1. The van der Waals surface area contributed by atoms with Gasteiger partial charge in [0.2, 0.25) is 0 Å². The normalized spacial score (nSPS) is 10.3. The number of ether oxygens (including phenoxy) is 1. The van der Waals surface area contributed by atoms with Crippen molar-refractivity contribution in [2.45, 2.75) is 13.8 Å². The first-order valence-electron chi connectivity index (χ1n) is 6.91. The maximum absolute atomic E-state index is 12.0. The third-order valence-corrected chi connectivity index (χ3v) is 4.80. The monoisotopic (exact) mass is 412 g/mol. The average molecular weight is 414 g/mol. The molecule has 1 amide bonds. The van der Waals surface area contributed by atoms with Crippen molar-refractivity contribution in [3.8, 4) is 5.75 Å². The molecule has 126 valence electrons. The molecule has 0 atom stereocenters. The van der Waals surface area contributed by atoms with E-state index in [0.29, 0.717) is 5.75 Å². The van der Waals surface area contributed by atoms with E-state index in [-0.39, 0.29) is 23.0 Å². The fraction of sp³-hybridized carbons (Fsp3) is 0.188. The van der Waals surface area contributed by atoms with E-state index in [1.807, 2.05) is 26.0 Å². The van der Waals surface area contributed by atoms with Gasteiger partial charge in [0, 0.05) is 16.6 Å². The molecule has 0 aliphatic rings. The van der Waals surface area contributed by atoms with Gasteiger partial charge in [0.05, 0.1) is 15.6 Å². The molecule has 1 N–H and O–H groups in total. The van der Waals surface area contributed by atoms with Gasteiger partial charge in [0.1, 0.15) is 5.75 Å². The standard InChI is InChI=1S/C16H14BrClN2O4/c1-9-5-12(6-10(2)16(9)17)24-8-15(21)19-14-7-11(20(22)23)3-4-13(14)18/h3-7H,8H2,1-2H3,(H,19,21). The van der Waals surface area contributed by atoms with Crippen LogP contribution < -0.4 is 10.1 Å². The molecule has 0 aliphatic heterocycles. The lowest BCUT2D eigenvalue weighted by molar-refractivity contribution is -0.384. The smallest absolute Gasteiger partial charge is 0.271 e. The van der Waals surface area contributed by atoms with Gasteiger partial charge in [0.15, 0.2) is 6.61 Å². The zero-order valence-electron chi connectivity index (χ0n) is 12.9. The number of anilines is 1. The largest absolute Gasteiger partial charge is 0.484 e. The van der Waals surface area contributed by atoms with Crippen molar-refractivity contribution in [2.24, 2.45) is 0 Å². The number of nitro benzene ring substituents is 1. The minimum atomic E-state index is -0.560. The van der Waals surface area contributed by atoms with Crippen LogP contribution in [0, 0.1) is 24.0 Å². The van der Waals surface area contributed by atoms with E-state index >= 15 is 0 Å². The summed E-state index contributed by atoms with van der Waals surface area (Å²) >= 11 is 9.40. The number of nitrogens with zero attached hydrogens (tertiary/aromatic N) is 1. The second-order valence-corrected chi connectivity index (χ2v) is 6.33. The molecule has 0 saturated heterocycles. The van der Waals surface area contributed by atoms with Crippen LogP contribution in [0.15, 0.2) is 34.8 Å².